The summed E-state index contributed by atoms with van der Waals surface area (Å²) in [6.45, 7) is 0.510. The largest absolute Gasteiger partial charge is 0.480 e. The lowest BCUT2D eigenvalue weighted by Crippen LogP contribution is -2.40. The first-order chi connectivity index (χ1) is 9.99. The molecule has 1 aliphatic heterocycles. The van der Waals surface area contributed by atoms with Gasteiger partial charge in [0.05, 0.1) is 0 Å². The SMILES string of the molecule is NC(=O)c1ccc(CCC(=O)N2CCCC2C(=O)O)cc1. The number of hydrogen-bond donors (Lipinski definition) is 2. The third-order valence-corrected chi connectivity index (χ3v) is 3.72. The van der Waals surface area contributed by atoms with Gasteiger partial charge in [0.25, 0.3) is 0 Å². The van der Waals surface area contributed by atoms with E-state index in [0.29, 0.717) is 24.9 Å². The van der Waals surface area contributed by atoms with Gasteiger partial charge in [-0.05, 0) is 37.0 Å². The zero-order chi connectivity index (χ0) is 15.4. The van der Waals surface area contributed by atoms with Crippen LogP contribution >= 0.6 is 0 Å². The van der Waals surface area contributed by atoms with Crippen molar-refractivity contribution in [1.82, 2.24) is 4.90 Å². The van der Waals surface area contributed by atoms with E-state index < -0.39 is 17.9 Å². The quantitative estimate of drug-likeness (QED) is 0.837. The number of nitrogens with two attached hydrogens (primary N) is 1. The summed E-state index contributed by atoms with van der Waals surface area (Å²) in [5.41, 5.74) is 6.50. The zero-order valence-corrected chi connectivity index (χ0v) is 11.6. The van der Waals surface area contributed by atoms with Crippen molar-refractivity contribution >= 4 is 17.8 Å². The van der Waals surface area contributed by atoms with Gasteiger partial charge in [0, 0.05) is 18.5 Å². The van der Waals surface area contributed by atoms with E-state index >= 15 is 0 Å². The van der Waals surface area contributed by atoms with Gasteiger partial charge >= 0.3 is 5.97 Å². The van der Waals surface area contributed by atoms with Crippen LogP contribution in [0.3, 0.4) is 0 Å². The average Bonchev–Trinajstić information content (AvgIpc) is 2.95. The molecule has 6 heteroatoms. The fraction of sp³-hybridized carbons (Fsp3) is 0.400. The summed E-state index contributed by atoms with van der Waals surface area (Å²) in [6, 6.07) is 6.07. The predicted molar refractivity (Wildman–Crippen MR) is 75.7 cm³/mol. The number of primary amides is 1. The van der Waals surface area contributed by atoms with Gasteiger partial charge in [-0.15, -0.1) is 0 Å². The van der Waals surface area contributed by atoms with E-state index in [1.54, 1.807) is 24.3 Å². The Morgan fingerprint density at radius 3 is 2.48 bits per heavy atom. The monoisotopic (exact) mass is 290 g/mol. The van der Waals surface area contributed by atoms with Gasteiger partial charge in [0.2, 0.25) is 11.8 Å². The summed E-state index contributed by atoms with van der Waals surface area (Å²) in [5.74, 6) is -1.57. The number of aryl methyl sites for hydroxylation is 1. The van der Waals surface area contributed by atoms with E-state index in [4.69, 9.17) is 10.8 Å². The number of nitrogens with zero attached hydrogens (tertiary/aromatic N) is 1. The maximum atomic E-state index is 12.1. The zero-order valence-electron chi connectivity index (χ0n) is 11.6. The molecule has 6 nitrogen and oxygen atoms in total. The van der Waals surface area contributed by atoms with Crippen molar-refractivity contribution in [2.45, 2.75) is 31.7 Å². The van der Waals surface area contributed by atoms with Gasteiger partial charge in [0.15, 0.2) is 0 Å². The summed E-state index contributed by atoms with van der Waals surface area (Å²) in [5, 5.41) is 9.06. The normalized spacial score (nSPS) is 17.7. The molecule has 1 atom stereocenters. The van der Waals surface area contributed by atoms with E-state index in [0.717, 1.165) is 12.0 Å². The molecule has 1 saturated heterocycles. The maximum absolute atomic E-state index is 12.1. The topological polar surface area (TPSA) is 101 Å². The highest BCUT2D eigenvalue weighted by atomic mass is 16.4. The number of hydrogen-bond acceptors (Lipinski definition) is 3. The number of carbonyl (C=O) groups excluding carboxylic acids is 2. The van der Waals surface area contributed by atoms with E-state index in [-0.39, 0.29) is 12.3 Å². The number of likely N-dealkylation sites (tertiary alicyclic amines) is 1. The Balaban J connectivity index is 1.91. The molecule has 0 radical (unpaired) electrons. The fourth-order valence-electron chi connectivity index (χ4n) is 2.55. The lowest BCUT2D eigenvalue weighted by molar-refractivity contribution is -0.148. The van der Waals surface area contributed by atoms with Crippen molar-refractivity contribution < 1.29 is 19.5 Å². The number of aliphatic carboxylic acids is 1. The Hall–Kier alpha value is -2.37. The molecule has 0 spiro atoms. The Labute approximate surface area is 122 Å². The third kappa shape index (κ3) is 3.59. The second-order valence-electron chi connectivity index (χ2n) is 5.14. The van der Waals surface area contributed by atoms with Crippen LogP contribution in [0.1, 0.15) is 35.2 Å². The smallest absolute Gasteiger partial charge is 0.326 e. The van der Waals surface area contributed by atoms with Crippen LogP contribution in [0.5, 0.6) is 0 Å². The van der Waals surface area contributed by atoms with Crippen LogP contribution in [-0.4, -0.2) is 40.4 Å². The Morgan fingerprint density at radius 1 is 1.24 bits per heavy atom. The molecule has 112 valence electrons. The van der Waals surface area contributed by atoms with E-state index in [1.165, 1.54) is 4.90 Å². The molecular weight excluding hydrogens is 272 g/mol. The first kappa shape index (κ1) is 15.0. The molecule has 1 unspecified atom stereocenters. The van der Waals surface area contributed by atoms with Crippen molar-refractivity contribution in [3.8, 4) is 0 Å². The highest BCUT2D eigenvalue weighted by Crippen LogP contribution is 2.19. The minimum atomic E-state index is -0.938. The Morgan fingerprint density at radius 2 is 1.90 bits per heavy atom. The second kappa shape index (κ2) is 6.39. The lowest BCUT2D eigenvalue weighted by Gasteiger charge is -2.21. The number of rotatable bonds is 5. The highest BCUT2D eigenvalue weighted by molar-refractivity contribution is 5.92. The van der Waals surface area contributed by atoms with Gasteiger partial charge in [-0.1, -0.05) is 12.1 Å². The summed E-state index contributed by atoms with van der Waals surface area (Å²) in [4.78, 5) is 35.6. The molecule has 0 saturated carbocycles. The van der Waals surface area contributed by atoms with Gasteiger partial charge in [0.1, 0.15) is 6.04 Å². The van der Waals surface area contributed by atoms with E-state index in [1.807, 2.05) is 0 Å². The van der Waals surface area contributed by atoms with Crippen LogP contribution in [0.2, 0.25) is 0 Å². The van der Waals surface area contributed by atoms with Gasteiger partial charge in [-0.25, -0.2) is 4.79 Å². The average molecular weight is 290 g/mol. The van der Waals surface area contributed by atoms with E-state index in [2.05, 4.69) is 0 Å². The number of carboxylic acid groups (broad SMARTS) is 1. The predicted octanol–water partition coefficient (Wildman–Crippen LogP) is 0.794. The standard InChI is InChI=1S/C15H18N2O4/c16-14(19)11-6-3-10(4-7-11)5-8-13(18)17-9-1-2-12(17)15(20)21/h3-4,6-7,12H,1-2,5,8-9H2,(H2,16,19)(H,20,21). The van der Waals surface area contributed by atoms with Crippen molar-refractivity contribution in [2.75, 3.05) is 6.54 Å². The van der Waals surface area contributed by atoms with E-state index in [9.17, 15) is 14.4 Å². The summed E-state index contributed by atoms with van der Waals surface area (Å²) >= 11 is 0. The molecule has 1 fully saturated rings. The van der Waals surface area contributed by atoms with Crippen LogP contribution < -0.4 is 5.73 Å². The third-order valence-electron chi connectivity index (χ3n) is 3.72. The van der Waals surface area contributed by atoms with Crippen LogP contribution in [0.15, 0.2) is 24.3 Å². The van der Waals surface area contributed by atoms with Gasteiger partial charge in [-0.2, -0.15) is 0 Å². The first-order valence-electron chi connectivity index (χ1n) is 6.90. The maximum Gasteiger partial charge on any atom is 0.326 e. The first-order valence-corrected chi connectivity index (χ1v) is 6.90. The lowest BCUT2D eigenvalue weighted by atomic mass is 10.1. The summed E-state index contributed by atoms with van der Waals surface area (Å²) in [7, 11) is 0. The molecule has 0 aliphatic carbocycles. The Bertz CT molecular complexity index is 553. The van der Waals surface area contributed by atoms with Crippen LogP contribution in [0, 0.1) is 0 Å². The molecule has 3 N–H and O–H groups in total. The number of benzene rings is 1. The molecule has 0 aromatic heterocycles. The molecule has 1 aliphatic rings. The molecule has 1 aromatic rings. The van der Waals surface area contributed by atoms with Crippen molar-refractivity contribution in [2.24, 2.45) is 5.73 Å². The molecule has 2 amide bonds. The van der Waals surface area contributed by atoms with Crippen molar-refractivity contribution in [3.05, 3.63) is 35.4 Å². The molecule has 21 heavy (non-hydrogen) atoms. The molecule has 0 bridgehead atoms. The summed E-state index contributed by atoms with van der Waals surface area (Å²) in [6.07, 6.45) is 2.03. The molecule has 1 heterocycles. The van der Waals surface area contributed by atoms with Crippen LogP contribution in [0.25, 0.3) is 0 Å². The van der Waals surface area contributed by atoms with Gasteiger partial charge in [-0.3, -0.25) is 9.59 Å². The molecule has 2 rings (SSSR count). The van der Waals surface area contributed by atoms with Gasteiger partial charge < -0.3 is 15.7 Å². The minimum Gasteiger partial charge on any atom is -0.480 e. The highest BCUT2D eigenvalue weighted by Gasteiger charge is 2.33. The number of carbonyl (C=O) groups is 3. The number of carboxylic acids is 1. The fourth-order valence-corrected chi connectivity index (χ4v) is 2.55. The van der Waals surface area contributed by atoms with Crippen LogP contribution in [-0.2, 0) is 16.0 Å². The minimum absolute atomic E-state index is 0.140. The Kier molecular flexibility index (Phi) is 4.57. The molecule has 1 aromatic carbocycles. The van der Waals surface area contributed by atoms with Crippen LogP contribution in [0.4, 0.5) is 0 Å². The second-order valence-corrected chi connectivity index (χ2v) is 5.14. The van der Waals surface area contributed by atoms with Crippen molar-refractivity contribution in [3.63, 3.8) is 0 Å². The number of amides is 2. The summed E-state index contributed by atoms with van der Waals surface area (Å²) < 4.78 is 0. The molecular formula is C15H18N2O4. The van der Waals surface area contributed by atoms with Crippen molar-refractivity contribution in [1.29, 1.82) is 0 Å².